The first kappa shape index (κ1) is 13.6. The molecular formula is C18H18N2O. The lowest BCUT2D eigenvalue weighted by Gasteiger charge is -2.42. The Hall–Kier alpha value is -2.42. The van der Waals surface area contributed by atoms with E-state index in [0.29, 0.717) is 0 Å². The summed E-state index contributed by atoms with van der Waals surface area (Å²) in [6.07, 6.45) is 9.99. The first-order valence-electron chi connectivity index (χ1n) is 7.24. The van der Waals surface area contributed by atoms with Crippen LogP contribution in [0.3, 0.4) is 0 Å². The third-order valence-electron chi connectivity index (χ3n) is 4.01. The van der Waals surface area contributed by atoms with E-state index in [-0.39, 0.29) is 11.4 Å². The molecule has 1 heterocycles. The van der Waals surface area contributed by atoms with E-state index in [1.54, 1.807) is 24.5 Å². The van der Waals surface area contributed by atoms with Crippen molar-refractivity contribution in [2.75, 3.05) is 0 Å². The van der Waals surface area contributed by atoms with Crippen LogP contribution < -0.4 is 5.32 Å². The fraction of sp³-hybridized carbons (Fsp3) is 0.222. The van der Waals surface area contributed by atoms with Crippen molar-refractivity contribution in [1.29, 1.82) is 0 Å². The van der Waals surface area contributed by atoms with Gasteiger partial charge in [-0.2, -0.15) is 0 Å². The molecule has 1 saturated carbocycles. The average Bonchev–Trinajstić information content (AvgIpc) is 2.51. The molecule has 0 atom stereocenters. The van der Waals surface area contributed by atoms with Crippen molar-refractivity contribution >= 4 is 12.0 Å². The lowest BCUT2D eigenvalue weighted by molar-refractivity contribution is -0.119. The Morgan fingerprint density at radius 3 is 2.57 bits per heavy atom. The van der Waals surface area contributed by atoms with Crippen LogP contribution in [0.15, 0.2) is 60.9 Å². The highest BCUT2D eigenvalue weighted by Crippen LogP contribution is 2.41. The van der Waals surface area contributed by atoms with E-state index in [0.717, 1.165) is 24.8 Å². The van der Waals surface area contributed by atoms with Gasteiger partial charge in [0.25, 0.3) is 0 Å². The number of benzene rings is 1. The molecule has 0 radical (unpaired) electrons. The Labute approximate surface area is 124 Å². The van der Waals surface area contributed by atoms with Crippen molar-refractivity contribution in [3.63, 3.8) is 0 Å². The molecule has 1 amide bonds. The Morgan fingerprint density at radius 2 is 1.95 bits per heavy atom. The van der Waals surface area contributed by atoms with Gasteiger partial charge in [-0.05, 0) is 42.5 Å². The van der Waals surface area contributed by atoms with Crippen LogP contribution in [0, 0.1) is 0 Å². The molecule has 1 aliphatic carbocycles. The third kappa shape index (κ3) is 3.02. The SMILES string of the molecule is O=C(/C=C/c1cccnc1)NC1(c2ccccc2)CCC1. The highest BCUT2D eigenvalue weighted by atomic mass is 16.1. The van der Waals surface area contributed by atoms with Crippen LogP contribution >= 0.6 is 0 Å². The Morgan fingerprint density at radius 1 is 1.14 bits per heavy atom. The summed E-state index contributed by atoms with van der Waals surface area (Å²) in [6.45, 7) is 0. The maximum Gasteiger partial charge on any atom is 0.244 e. The summed E-state index contributed by atoms with van der Waals surface area (Å²) in [7, 11) is 0. The number of amides is 1. The molecule has 1 N–H and O–H groups in total. The minimum atomic E-state index is -0.183. The molecule has 3 heteroatoms. The molecule has 1 aromatic heterocycles. The molecule has 3 nitrogen and oxygen atoms in total. The smallest absolute Gasteiger partial charge is 0.244 e. The standard InChI is InChI=1S/C18H18N2O/c21-17(10-9-15-6-4-13-19-14-15)20-18(11-5-12-18)16-7-2-1-3-8-16/h1-4,6-10,13-14H,5,11-12H2,(H,20,21)/b10-9+. The third-order valence-corrected chi connectivity index (χ3v) is 4.01. The van der Waals surface area contributed by atoms with E-state index in [1.807, 2.05) is 30.3 Å². The molecular weight excluding hydrogens is 260 g/mol. The second-order valence-electron chi connectivity index (χ2n) is 5.41. The van der Waals surface area contributed by atoms with Crippen molar-refractivity contribution in [3.8, 4) is 0 Å². The summed E-state index contributed by atoms with van der Waals surface area (Å²) in [5.74, 6) is -0.0533. The molecule has 0 saturated heterocycles. The molecule has 1 aromatic carbocycles. The monoisotopic (exact) mass is 278 g/mol. The van der Waals surface area contributed by atoms with Gasteiger partial charge in [0.1, 0.15) is 0 Å². The van der Waals surface area contributed by atoms with Crippen LogP contribution in [0.25, 0.3) is 6.08 Å². The number of nitrogens with one attached hydrogen (secondary N) is 1. The minimum absolute atomic E-state index is 0.0533. The topological polar surface area (TPSA) is 42.0 Å². The molecule has 1 fully saturated rings. The fourth-order valence-corrected chi connectivity index (χ4v) is 2.70. The maximum atomic E-state index is 12.2. The largest absolute Gasteiger partial charge is 0.343 e. The number of carbonyl (C=O) groups excluding carboxylic acids is 1. The molecule has 0 unspecified atom stereocenters. The van der Waals surface area contributed by atoms with Gasteiger partial charge >= 0.3 is 0 Å². The molecule has 21 heavy (non-hydrogen) atoms. The van der Waals surface area contributed by atoms with Gasteiger partial charge in [-0.25, -0.2) is 0 Å². The number of rotatable bonds is 4. The predicted octanol–water partition coefficient (Wildman–Crippen LogP) is 3.29. The molecule has 0 spiro atoms. The summed E-state index contributed by atoms with van der Waals surface area (Å²) in [4.78, 5) is 16.2. The van der Waals surface area contributed by atoms with Gasteiger partial charge in [-0.1, -0.05) is 36.4 Å². The van der Waals surface area contributed by atoms with Gasteiger partial charge in [0.15, 0.2) is 0 Å². The quantitative estimate of drug-likeness (QED) is 0.872. The van der Waals surface area contributed by atoms with Crippen molar-refractivity contribution in [2.24, 2.45) is 0 Å². The van der Waals surface area contributed by atoms with Crippen molar-refractivity contribution in [1.82, 2.24) is 10.3 Å². The predicted molar refractivity (Wildman–Crippen MR) is 83.4 cm³/mol. The molecule has 2 aromatic rings. The number of nitrogens with zero attached hydrogens (tertiary/aromatic N) is 1. The van der Waals surface area contributed by atoms with Crippen LogP contribution in [-0.2, 0) is 10.3 Å². The first-order valence-corrected chi connectivity index (χ1v) is 7.24. The van der Waals surface area contributed by atoms with Gasteiger partial charge in [-0.15, -0.1) is 0 Å². The van der Waals surface area contributed by atoms with Gasteiger partial charge < -0.3 is 5.32 Å². The zero-order valence-corrected chi connectivity index (χ0v) is 11.8. The van der Waals surface area contributed by atoms with Crippen LogP contribution in [0.1, 0.15) is 30.4 Å². The normalized spacial score (nSPS) is 16.4. The lowest BCUT2D eigenvalue weighted by atomic mass is 9.72. The zero-order chi connectivity index (χ0) is 14.5. The van der Waals surface area contributed by atoms with Gasteiger partial charge in [0, 0.05) is 18.5 Å². The maximum absolute atomic E-state index is 12.2. The summed E-state index contributed by atoms with van der Waals surface area (Å²) < 4.78 is 0. The summed E-state index contributed by atoms with van der Waals surface area (Å²) in [6, 6.07) is 14.0. The summed E-state index contributed by atoms with van der Waals surface area (Å²) >= 11 is 0. The van der Waals surface area contributed by atoms with E-state index in [9.17, 15) is 4.79 Å². The number of hydrogen-bond acceptors (Lipinski definition) is 2. The Balaban J connectivity index is 1.70. The molecule has 1 aliphatic rings. The first-order chi connectivity index (χ1) is 10.3. The second kappa shape index (κ2) is 5.92. The van der Waals surface area contributed by atoms with E-state index in [4.69, 9.17) is 0 Å². The van der Waals surface area contributed by atoms with Crippen LogP contribution in [0.5, 0.6) is 0 Å². The molecule has 0 bridgehead atoms. The van der Waals surface area contributed by atoms with Gasteiger partial charge in [0.05, 0.1) is 5.54 Å². The Bertz CT molecular complexity index is 631. The van der Waals surface area contributed by atoms with Gasteiger partial charge in [-0.3, -0.25) is 9.78 Å². The van der Waals surface area contributed by atoms with Crippen molar-refractivity contribution in [3.05, 3.63) is 72.1 Å². The molecule has 3 rings (SSSR count). The Kier molecular flexibility index (Phi) is 3.82. The highest BCUT2D eigenvalue weighted by Gasteiger charge is 2.39. The second-order valence-corrected chi connectivity index (χ2v) is 5.41. The van der Waals surface area contributed by atoms with Crippen molar-refractivity contribution in [2.45, 2.75) is 24.8 Å². The van der Waals surface area contributed by atoms with Gasteiger partial charge in [0.2, 0.25) is 5.91 Å². The van der Waals surface area contributed by atoms with E-state index in [1.165, 1.54) is 5.56 Å². The highest BCUT2D eigenvalue weighted by molar-refractivity contribution is 5.92. The summed E-state index contributed by atoms with van der Waals surface area (Å²) in [5.41, 5.74) is 1.94. The van der Waals surface area contributed by atoms with E-state index < -0.39 is 0 Å². The molecule has 106 valence electrons. The van der Waals surface area contributed by atoms with E-state index in [2.05, 4.69) is 22.4 Å². The van der Waals surface area contributed by atoms with Crippen LogP contribution in [0.4, 0.5) is 0 Å². The van der Waals surface area contributed by atoms with Crippen LogP contribution in [0.2, 0.25) is 0 Å². The van der Waals surface area contributed by atoms with Crippen molar-refractivity contribution < 1.29 is 4.79 Å². The number of carbonyl (C=O) groups is 1. The lowest BCUT2D eigenvalue weighted by Crippen LogP contribution is -2.50. The summed E-state index contributed by atoms with van der Waals surface area (Å²) in [5, 5.41) is 3.17. The fourth-order valence-electron chi connectivity index (χ4n) is 2.70. The molecule has 0 aliphatic heterocycles. The minimum Gasteiger partial charge on any atom is -0.343 e. The zero-order valence-electron chi connectivity index (χ0n) is 11.8. The number of hydrogen-bond donors (Lipinski definition) is 1. The average molecular weight is 278 g/mol. The number of aromatic nitrogens is 1. The number of pyridine rings is 1. The van der Waals surface area contributed by atoms with E-state index >= 15 is 0 Å². The van der Waals surface area contributed by atoms with Crippen LogP contribution in [-0.4, -0.2) is 10.9 Å².